The molecule has 1 atom stereocenters. The van der Waals surface area contributed by atoms with Crippen LogP contribution < -0.4 is 0 Å². The number of halogens is 8. The van der Waals surface area contributed by atoms with Gasteiger partial charge in [-0.3, -0.25) is 4.98 Å². The standard InChI is InChI=1S/C17H7F8NO/c18-11-10(12(19)14(21)15(22)13(11)20)16(27,17(23,24)25)8-3-4-9-7(6-8)2-1-5-26-9/h1-6,27H/t16-/m1/s1. The zero-order valence-electron chi connectivity index (χ0n) is 12.9. The molecule has 1 aromatic heterocycles. The first-order valence-electron chi connectivity index (χ1n) is 7.16. The molecule has 2 nitrogen and oxygen atoms in total. The first-order chi connectivity index (χ1) is 12.5. The first-order valence-corrected chi connectivity index (χ1v) is 7.16. The van der Waals surface area contributed by atoms with E-state index in [1.54, 1.807) is 0 Å². The number of hydrogen-bond acceptors (Lipinski definition) is 2. The summed E-state index contributed by atoms with van der Waals surface area (Å²) in [6, 6.07) is 4.99. The second-order valence-corrected chi connectivity index (χ2v) is 5.56. The molecule has 0 aliphatic carbocycles. The Labute approximate surface area is 145 Å². The van der Waals surface area contributed by atoms with E-state index in [-0.39, 0.29) is 10.9 Å². The van der Waals surface area contributed by atoms with Gasteiger partial charge in [0.15, 0.2) is 23.3 Å². The summed E-state index contributed by atoms with van der Waals surface area (Å²) < 4.78 is 109. The number of aliphatic hydroxyl groups is 1. The quantitative estimate of drug-likeness (QED) is 0.388. The minimum absolute atomic E-state index is 0.0431. The van der Waals surface area contributed by atoms with Gasteiger partial charge in [-0.25, -0.2) is 22.0 Å². The van der Waals surface area contributed by atoms with E-state index in [9.17, 15) is 40.2 Å². The van der Waals surface area contributed by atoms with Crippen LogP contribution in [0.2, 0.25) is 0 Å². The maximum Gasteiger partial charge on any atom is 0.425 e. The van der Waals surface area contributed by atoms with Gasteiger partial charge in [0.25, 0.3) is 0 Å². The van der Waals surface area contributed by atoms with Crippen LogP contribution in [0, 0.1) is 29.1 Å². The molecule has 2 aromatic carbocycles. The summed E-state index contributed by atoms with van der Waals surface area (Å²) in [6.07, 6.45) is -4.50. The van der Waals surface area contributed by atoms with Crippen LogP contribution in [0.3, 0.4) is 0 Å². The van der Waals surface area contributed by atoms with Crippen LogP contribution >= 0.6 is 0 Å². The SMILES string of the molecule is O[C@](c1ccc2ncccc2c1)(c1c(F)c(F)c(F)c(F)c1F)C(F)(F)F. The van der Waals surface area contributed by atoms with Crippen molar-refractivity contribution in [1.82, 2.24) is 4.98 Å². The van der Waals surface area contributed by atoms with E-state index in [4.69, 9.17) is 0 Å². The lowest BCUT2D eigenvalue weighted by Gasteiger charge is -2.32. The Morgan fingerprint density at radius 3 is 1.89 bits per heavy atom. The summed E-state index contributed by atoms with van der Waals surface area (Å²) >= 11 is 0. The molecule has 0 fully saturated rings. The Bertz CT molecular complexity index is 1020. The van der Waals surface area contributed by atoms with Crippen LogP contribution in [0.25, 0.3) is 10.9 Å². The molecule has 3 rings (SSSR count). The largest absolute Gasteiger partial charge is 0.425 e. The van der Waals surface area contributed by atoms with E-state index >= 15 is 0 Å². The number of alkyl halides is 3. The Balaban J connectivity index is 2.42. The molecule has 1 N–H and O–H groups in total. The topological polar surface area (TPSA) is 33.1 Å². The summed E-state index contributed by atoms with van der Waals surface area (Å²) in [5.41, 5.74) is -7.86. The molecule has 0 spiro atoms. The van der Waals surface area contributed by atoms with Crippen molar-refractivity contribution in [2.45, 2.75) is 11.8 Å². The fraction of sp³-hybridized carbons (Fsp3) is 0.118. The van der Waals surface area contributed by atoms with Gasteiger partial charge in [0.1, 0.15) is 0 Å². The number of nitrogens with zero attached hydrogens (tertiary/aromatic N) is 1. The maximum absolute atomic E-state index is 14.0. The molecule has 0 aliphatic heterocycles. The normalized spacial score (nSPS) is 14.4. The lowest BCUT2D eigenvalue weighted by atomic mass is 9.84. The highest BCUT2D eigenvalue weighted by Gasteiger charge is 2.60. The molecular formula is C17H7F8NO. The van der Waals surface area contributed by atoms with Crippen molar-refractivity contribution in [2.75, 3.05) is 0 Å². The van der Waals surface area contributed by atoms with Gasteiger partial charge in [0.2, 0.25) is 11.4 Å². The third kappa shape index (κ3) is 2.71. The molecule has 0 amide bonds. The summed E-state index contributed by atoms with van der Waals surface area (Å²) in [5.74, 6) is -13.4. The van der Waals surface area contributed by atoms with Gasteiger partial charge >= 0.3 is 6.18 Å². The van der Waals surface area contributed by atoms with Gasteiger partial charge < -0.3 is 5.11 Å². The molecule has 3 aromatic rings. The summed E-state index contributed by atoms with van der Waals surface area (Å²) in [6.45, 7) is 0. The number of fused-ring (bicyclic) bond motifs is 1. The summed E-state index contributed by atoms with van der Waals surface area (Å²) in [4.78, 5) is 3.83. The fourth-order valence-electron chi connectivity index (χ4n) is 2.67. The third-order valence-electron chi connectivity index (χ3n) is 4.00. The second kappa shape index (κ2) is 6.15. The molecule has 27 heavy (non-hydrogen) atoms. The van der Waals surface area contributed by atoms with Crippen molar-refractivity contribution in [3.05, 3.63) is 76.7 Å². The van der Waals surface area contributed by atoms with Crippen LogP contribution in [0.5, 0.6) is 0 Å². The Morgan fingerprint density at radius 2 is 1.33 bits per heavy atom. The second-order valence-electron chi connectivity index (χ2n) is 5.56. The number of aromatic nitrogens is 1. The van der Waals surface area contributed by atoms with Crippen molar-refractivity contribution >= 4 is 10.9 Å². The van der Waals surface area contributed by atoms with E-state index in [0.717, 1.165) is 6.07 Å². The Hall–Kier alpha value is -2.75. The van der Waals surface area contributed by atoms with Gasteiger partial charge in [0, 0.05) is 11.6 Å². The van der Waals surface area contributed by atoms with Crippen LogP contribution in [0.4, 0.5) is 35.1 Å². The van der Waals surface area contributed by atoms with Gasteiger partial charge in [-0.1, -0.05) is 12.1 Å². The molecule has 0 aliphatic rings. The Morgan fingerprint density at radius 1 is 0.778 bits per heavy atom. The van der Waals surface area contributed by atoms with E-state index in [1.165, 1.54) is 18.3 Å². The van der Waals surface area contributed by atoms with Crippen molar-refractivity contribution in [3.63, 3.8) is 0 Å². The smallest absolute Gasteiger partial charge is 0.372 e. The highest BCUT2D eigenvalue weighted by molar-refractivity contribution is 5.79. The van der Waals surface area contributed by atoms with Gasteiger partial charge in [-0.05, 0) is 23.8 Å². The molecular weight excluding hydrogens is 386 g/mol. The van der Waals surface area contributed by atoms with Gasteiger partial charge in [-0.15, -0.1) is 0 Å². The number of hydrogen-bond donors (Lipinski definition) is 1. The molecule has 0 unspecified atom stereocenters. The van der Waals surface area contributed by atoms with Crippen molar-refractivity contribution in [3.8, 4) is 0 Å². The van der Waals surface area contributed by atoms with Gasteiger partial charge in [-0.2, -0.15) is 13.2 Å². The van der Waals surface area contributed by atoms with E-state index in [2.05, 4.69) is 4.98 Å². The maximum atomic E-state index is 14.0. The lowest BCUT2D eigenvalue weighted by Crippen LogP contribution is -2.45. The lowest BCUT2D eigenvalue weighted by molar-refractivity contribution is -0.250. The average molecular weight is 393 g/mol. The number of pyridine rings is 1. The predicted molar refractivity (Wildman–Crippen MR) is 77.0 cm³/mol. The molecule has 0 saturated heterocycles. The third-order valence-corrected chi connectivity index (χ3v) is 4.00. The molecule has 0 radical (unpaired) electrons. The molecule has 0 saturated carbocycles. The van der Waals surface area contributed by atoms with Crippen LogP contribution in [0.15, 0.2) is 36.5 Å². The first kappa shape index (κ1) is 19.0. The number of rotatable bonds is 2. The van der Waals surface area contributed by atoms with E-state index in [1.807, 2.05) is 0 Å². The molecule has 1 heterocycles. The summed E-state index contributed by atoms with van der Waals surface area (Å²) in [7, 11) is 0. The van der Waals surface area contributed by atoms with Crippen LogP contribution in [0.1, 0.15) is 11.1 Å². The predicted octanol–water partition coefficient (Wildman–Crippen LogP) is 4.73. The molecule has 10 heteroatoms. The number of benzene rings is 2. The highest BCUT2D eigenvalue weighted by Crippen LogP contribution is 2.47. The monoisotopic (exact) mass is 393 g/mol. The van der Waals surface area contributed by atoms with Gasteiger partial charge in [0.05, 0.1) is 11.1 Å². The van der Waals surface area contributed by atoms with Crippen molar-refractivity contribution in [2.24, 2.45) is 0 Å². The van der Waals surface area contributed by atoms with E-state index < -0.39 is 52.0 Å². The minimum Gasteiger partial charge on any atom is -0.372 e. The summed E-state index contributed by atoms with van der Waals surface area (Å²) in [5, 5.41) is 10.3. The van der Waals surface area contributed by atoms with Crippen LogP contribution in [-0.4, -0.2) is 16.3 Å². The molecule has 0 bridgehead atoms. The zero-order chi connectivity index (χ0) is 20.1. The van der Waals surface area contributed by atoms with Crippen LogP contribution in [-0.2, 0) is 5.60 Å². The fourth-order valence-corrected chi connectivity index (χ4v) is 2.67. The Kier molecular flexibility index (Phi) is 4.34. The molecule has 142 valence electrons. The van der Waals surface area contributed by atoms with Crippen molar-refractivity contribution < 1.29 is 40.2 Å². The van der Waals surface area contributed by atoms with Crippen molar-refractivity contribution in [1.29, 1.82) is 0 Å². The average Bonchev–Trinajstić information content (AvgIpc) is 2.63. The minimum atomic E-state index is -5.82. The van der Waals surface area contributed by atoms with E-state index in [0.29, 0.717) is 12.1 Å². The zero-order valence-corrected chi connectivity index (χ0v) is 12.9. The highest BCUT2D eigenvalue weighted by atomic mass is 19.4.